The Morgan fingerprint density at radius 3 is 2.75 bits per heavy atom. The van der Waals surface area contributed by atoms with Crippen molar-refractivity contribution in [2.45, 2.75) is 6.61 Å². The summed E-state index contributed by atoms with van der Waals surface area (Å²) < 4.78 is 23.6. The van der Waals surface area contributed by atoms with Crippen LogP contribution in [-0.2, 0) is 6.61 Å². The normalized spacial score (nSPS) is 10.3. The van der Waals surface area contributed by atoms with E-state index in [1.54, 1.807) is 6.07 Å². The second-order valence-corrected chi connectivity index (χ2v) is 6.54. The first kappa shape index (κ1) is 18.1. The zero-order valence-electron chi connectivity index (χ0n) is 12.7. The summed E-state index contributed by atoms with van der Waals surface area (Å²) in [4.78, 5) is 24.3. The van der Waals surface area contributed by atoms with Crippen LogP contribution in [0.5, 0.6) is 5.88 Å². The maximum absolute atomic E-state index is 13.8. The molecule has 2 amide bonds. The van der Waals surface area contributed by atoms with E-state index in [2.05, 4.69) is 25.6 Å². The molecule has 128 valence electrons. The van der Waals surface area contributed by atoms with Gasteiger partial charge in [-0.1, -0.05) is 22.0 Å². The largest absolute Gasteiger partial charge is 0.477 e. The lowest BCUT2D eigenvalue weighted by atomic mass is 10.2. The highest BCUT2D eigenvalue weighted by atomic mass is 79.9. The SMILES string of the molecule is CN(C)C(=O)Nc1snc(OCc2ccc(Br)cc2F)c1C(=O)O. The average molecular weight is 418 g/mol. The van der Waals surface area contributed by atoms with E-state index < -0.39 is 17.8 Å². The van der Waals surface area contributed by atoms with E-state index in [1.165, 1.54) is 31.1 Å². The van der Waals surface area contributed by atoms with Crippen molar-refractivity contribution in [1.82, 2.24) is 9.27 Å². The van der Waals surface area contributed by atoms with Gasteiger partial charge in [0.2, 0.25) is 5.88 Å². The van der Waals surface area contributed by atoms with E-state index in [0.29, 0.717) is 4.47 Å². The molecule has 0 unspecified atom stereocenters. The van der Waals surface area contributed by atoms with Crippen LogP contribution in [-0.4, -0.2) is 40.5 Å². The molecular weight excluding hydrogens is 405 g/mol. The monoisotopic (exact) mass is 417 g/mol. The van der Waals surface area contributed by atoms with Gasteiger partial charge in [0.15, 0.2) is 5.56 Å². The van der Waals surface area contributed by atoms with Gasteiger partial charge < -0.3 is 14.7 Å². The second kappa shape index (κ2) is 7.58. The van der Waals surface area contributed by atoms with Crippen molar-refractivity contribution in [2.24, 2.45) is 0 Å². The Hall–Kier alpha value is -2.20. The number of anilines is 1. The number of urea groups is 1. The molecule has 0 aliphatic carbocycles. The van der Waals surface area contributed by atoms with Crippen molar-refractivity contribution >= 4 is 44.5 Å². The number of rotatable bonds is 5. The molecule has 24 heavy (non-hydrogen) atoms. The predicted molar refractivity (Wildman–Crippen MR) is 90.2 cm³/mol. The summed E-state index contributed by atoms with van der Waals surface area (Å²) in [5, 5.41) is 11.8. The number of carboxylic acid groups (broad SMARTS) is 1. The van der Waals surface area contributed by atoms with Crippen molar-refractivity contribution < 1.29 is 23.8 Å². The molecule has 1 aromatic heterocycles. The molecule has 2 rings (SSSR count). The van der Waals surface area contributed by atoms with Crippen LogP contribution in [0.15, 0.2) is 22.7 Å². The third kappa shape index (κ3) is 4.20. The highest BCUT2D eigenvalue weighted by Crippen LogP contribution is 2.31. The fourth-order valence-corrected chi connectivity index (χ4v) is 2.69. The topological polar surface area (TPSA) is 91.8 Å². The molecule has 0 atom stereocenters. The molecule has 2 N–H and O–H groups in total. The van der Waals surface area contributed by atoms with Gasteiger partial charge in [0, 0.05) is 24.1 Å². The third-order valence-corrected chi connectivity index (χ3v) is 4.12. The number of carbonyl (C=O) groups excluding carboxylic acids is 1. The molecule has 7 nitrogen and oxygen atoms in total. The van der Waals surface area contributed by atoms with Crippen LogP contribution in [0.25, 0.3) is 0 Å². The van der Waals surface area contributed by atoms with E-state index in [-0.39, 0.29) is 28.6 Å². The molecule has 0 fully saturated rings. The highest BCUT2D eigenvalue weighted by Gasteiger charge is 2.24. The average Bonchev–Trinajstić information content (AvgIpc) is 2.89. The Labute approximate surface area is 149 Å². The van der Waals surface area contributed by atoms with E-state index in [4.69, 9.17) is 4.74 Å². The van der Waals surface area contributed by atoms with E-state index in [1.807, 2.05) is 0 Å². The molecule has 0 bridgehead atoms. The van der Waals surface area contributed by atoms with E-state index in [9.17, 15) is 19.1 Å². The number of benzene rings is 1. The number of amides is 2. The Balaban J connectivity index is 2.19. The zero-order valence-corrected chi connectivity index (χ0v) is 15.1. The molecule has 0 aliphatic heterocycles. The van der Waals surface area contributed by atoms with Gasteiger partial charge in [0.05, 0.1) is 0 Å². The van der Waals surface area contributed by atoms with Gasteiger partial charge in [-0.2, -0.15) is 4.37 Å². The zero-order chi connectivity index (χ0) is 17.9. The minimum atomic E-state index is -1.30. The molecule has 1 aromatic carbocycles. The Bertz CT molecular complexity index is 781. The molecule has 0 spiro atoms. The van der Waals surface area contributed by atoms with Gasteiger partial charge in [0.25, 0.3) is 0 Å². The molecule has 0 aliphatic rings. The maximum Gasteiger partial charge on any atom is 0.344 e. The number of aromatic nitrogens is 1. The smallest absolute Gasteiger partial charge is 0.344 e. The van der Waals surface area contributed by atoms with Crippen molar-refractivity contribution in [3.05, 3.63) is 39.6 Å². The number of carbonyl (C=O) groups is 2. The molecule has 2 aromatic rings. The fourth-order valence-electron chi connectivity index (χ4n) is 1.64. The van der Waals surface area contributed by atoms with Crippen LogP contribution in [0, 0.1) is 5.82 Å². The lowest BCUT2D eigenvalue weighted by Crippen LogP contribution is -2.27. The van der Waals surface area contributed by atoms with Gasteiger partial charge in [-0.15, -0.1) is 0 Å². The van der Waals surface area contributed by atoms with Crippen molar-refractivity contribution in [3.63, 3.8) is 0 Å². The number of nitrogens with one attached hydrogen (secondary N) is 1. The molecule has 10 heteroatoms. The van der Waals surface area contributed by atoms with Crippen molar-refractivity contribution in [3.8, 4) is 5.88 Å². The van der Waals surface area contributed by atoms with E-state index in [0.717, 1.165) is 11.5 Å². The Morgan fingerprint density at radius 1 is 1.46 bits per heavy atom. The maximum atomic E-state index is 13.8. The summed E-state index contributed by atoms with van der Waals surface area (Å²) in [6.07, 6.45) is 0. The summed E-state index contributed by atoms with van der Waals surface area (Å²) in [5.41, 5.74) is -0.0193. The van der Waals surface area contributed by atoms with Gasteiger partial charge in [-0.05, 0) is 23.7 Å². The van der Waals surface area contributed by atoms with Crippen LogP contribution < -0.4 is 10.1 Å². The minimum Gasteiger partial charge on any atom is -0.477 e. The van der Waals surface area contributed by atoms with Crippen molar-refractivity contribution in [2.75, 3.05) is 19.4 Å². The summed E-state index contributed by atoms with van der Waals surface area (Å²) in [6.45, 7) is -0.190. The first-order valence-electron chi connectivity index (χ1n) is 6.57. The van der Waals surface area contributed by atoms with Gasteiger partial charge >= 0.3 is 12.0 Å². The molecular formula is C14H13BrFN3O4S. The minimum absolute atomic E-state index is 0.0486. The summed E-state index contributed by atoms with van der Waals surface area (Å²) >= 11 is 3.92. The summed E-state index contributed by atoms with van der Waals surface area (Å²) in [6, 6.07) is 3.94. The van der Waals surface area contributed by atoms with E-state index >= 15 is 0 Å². The Morgan fingerprint density at radius 2 is 2.17 bits per heavy atom. The van der Waals surface area contributed by atoms with Crippen LogP contribution in [0.3, 0.4) is 0 Å². The number of carboxylic acids is 1. The van der Waals surface area contributed by atoms with Crippen molar-refractivity contribution in [1.29, 1.82) is 0 Å². The molecule has 0 saturated heterocycles. The fraction of sp³-hybridized carbons (Fsp3) is 0.214. The molecule has 0 radical (unpaired) electrons. The summed E-state index contributed by atoms with van der Waals surface area (Å²) in [7, 11) is 3.04. The number of hydrogen-bond acceptors (Lipinski definition) is 5. The third-order valence-electron chi connectivity index (χ3n) is 2.88. The predicted octanol–water partition coefficient (Wildman–Crippen LogP) is 3.42. The molecule has 1 heterocycles. The lowest BCUT2D eigenvalue weighted by molar-refractivity contribution is 0.0693. The standard InChI is InChI=1S/C14H13BrFN3O4S/c1-19(2)14(22)17-12-10(13(20)21)11(18-24-12)23-6-7-3-4-8(15)5-9(7)16/h3-5H,6H2,1-2H3,(H,17,22)(H,20,21). The number of nitrogens with zero attached hydrogens (tertiary/aromatic N) is 2. The number of ether oxygens (including phenoxy) is 1. The lowest BCUT2D eigenvalue weighted by Gasteiger charge is -2.11. The number of hydrogen-bond donors (Lipinski definition) is 2. The van der Waals surface area contributed by atoms with Crippen LogP contribution in [0.2, 0.25) is 0 Å². The molecule has 0 saturated carbocycles. The quantitative estimate of drug-likeness (QED) is 0.777. The number of halogens is 2. The first-order chi connectivity index (χ1) is 11.3. The van der Waals surface area contributed by atoms with Crippen LogP contribution >= 0.6 is 27.5 Å². The summed E-state index contributed by atoms with van der Waals surface area (Å²) in [5.74, 6) is -1.97. The van der Waals surface area contributed by atoms with Crippen LogP contribution in [0.1, 0.15) is 15.9 Å². The van der Waals surface area contributed by atoms with Gasteiger partial charge in [-0.25, -0.2) is 14.0 Å². The van der Waals surface area contributed by atoms with Gasteiger partial charge in [0.1, 0.15) is 17.4 Å². The second-order valence-electron chi connectivity index (χ2n) is 4.85. The van der Waals surface area contributed by atoms with Gasteiger partial charge in [-0.3, -0.25) is 5.32 Å². The van der Waals surface area contributed by atoms with Crippen LogP contribution in [0.4, 0.5) is 14.2 Å². The Kier molecular flexibility index (Phi) is 5.73. The highest BCUT2D eigenvalue weighted by molar-refractivity contribution is 9.10. The number of aromatic carboxylic acids is 1. The first-order valence-corrected chi connectivity index (χ1v) is 8.14.